The van der Waals surface area contributed by atoms with Gasteiger partial charge in [0.25, 0.3) is 5.91 Å². The molecule has 200 valence electrons. The number of methoxy groups -OCH3 is 1. The number of likely N-dealkylation sites (tertiary alicyclic amines) is 1. The maximum absolute atomic E-state index is 12.9. The Morgan fingerprint density at radius 2 is 1.95 bits per heavy atom. The van der Waals surface area contributed by atoms with Gasteiger partial charge in [0.15, 0.2) is 5.82 Å². The van der Waals surface area contributed by atoms with Crippen LogP contribution in [0.1, 0.15) is 56.3 Å². The maximum atomic E-state index is 12.9. The average molecular weight is 511 g/mol. The molecule has 1 aromatic carbocycles. The van der Waals surface area contributed by atoms with Crippen molar-refractivity contribution >= 4 is 35.0 Å². The first-order valence-electron chi connectivity index (χ1n) is 13.0. The molecule has 1 aromatic heterocycles. The van der Waals surface area contributed by atoms with Gasteiger partial charge in [0.1, 0.15) is 11.4 Å². The summed E-state index contributed by atoms with van der Waals surface area (Å²) in [6, 6.07) is 5.65. The predicted octanol–water partition coefficient (Wildman–Crippen LogP) is 2.66. The third-order valence-corrected chi connectivity index (χ3v) is 7.26. The van der Waals surface area contributed by atoms with E-state index in [-0.39, 0.29) is 23.9 Å². The van der Waals surface area contributed by atoms with Gasteiger partial charge >= 0.3 is 0 Å². The Kier molecular flexibility index (Phi) is 8.45. The largest absolute Gasteiger partial charge is 0.495 e. The molecule has 1 saturated heterocycles. The van der Waals surface area contributed by atoms with Crippen LogP contribution in [0.4, 0.5) is 23.1 Å². The normalized spacial score (nSPS) is 17.0. The Balaban J connectivity index is 1.56. The minimum Gasteiger partial charge on any atom is -0.495 e. The molecule has 0 bridgehead atoms. The van der Waals surface area contributed by atoms with E-state index in [1.807, 2.05) is 0 Å². The van der Waals surface area contributed by atoms with Crippen molar-refractivity contribution in [1.82, 2.24) is 20.2 Å². The molecule has 0 unspecified atom stereocenters. The first-order valence-corrected chi connectivity index (χ1v) is 13.0. The number of fused-ring (bicyclic) bond motifs is 1. The van der Waals surface area contributed by atoms with Crippen molar-refractivity contribution in [3.05, 3.63) is 30.0 Å². The highest BCUT2D eigenvalue weighted by Crippen LogP contribution is 2.34. The van der Waals surface area contributed by atoms with Gasteiger partial charge in [-0.2, -0.15) is 4.98 Å². The predicted molar refractivity (Wildman–Crippen MR) is 144 cm³/mol. The lowest BCUT2D eigenvalue weighted by atomic mass is 10.0. The van der Waals surface area contributed by atoms with Crippen LogP contribution in [0, 0.1) is 0 Å². The summed E-state index contributed by atoms with van der Waals surface area (Å²) in [6.45, 7) is 6.73. The Morgan fingerprint density at radius 1 is 1.22 bits per heavy atom. The lowest BCUT2D eigenvalue weighted by Gasteiger charge is -2.31. The number of ether oxygens (including phenoxy) is 1. The summed E-state index contributed by atoms with van der Waals surface area (Å²) in [7, 11) is 3.65. The number of carbonyl (C=O) groups is 2. The van der Waals surface area contributed by atoms with Crippen molar-refractivity contribution in [2.45, 2.75) is 58.0 Å². The van der Waals surface area contributed by atoms with Crippen molar-refractivity contribution in [2.75, 3.05) is 49.0 Å². The Hall–Kier alpha value is -3.44. The lowest BCUT2D eigenvalue weighted by Crippen LogP contribution is -2.43. The minimum absolute atomic E-state index is 0.116. The number of aromatic nitrogens is 2. The highest BCUT2D eigenvalue weighted by atomic mass is 16.5. The number of nitrogens with one attached hydrogen (secondary N) is 2. The number of hydrogen-bond acceptors (Lipinski definition) is 9. The van der Waals surface area contributed by atoms with Gasteiger partial charge in [-0.3, -0.25) is 9.59 Å². The van der Waals surface area contributed by atoms with Crippen molar-refractivity contribution < 1.29 is 14.3 Å². The zero-order valence-corrected chi connectivity index (χ0v) is 22.2. The molecule has 0 atom stereocenters. The van der Waals surface area contributed by atoms with E-state index < -0.39 is 0 Å². The monoisotopic (exact) mass is 510 g/mol. The van der Waals surface area contributed by atoms with E-state index in [4.69, 9.17) is 15.6 Å². The van der Waals surface area contributed by atoms with Crippen LogP contribution in [0.15, 0.2) is 24.4 Å². The van der Waals surface area contributed by atoms with E-state index >= 15 is 0 Å². The molecule has 0 saturated carbocycles. The summed E-state index contributed by atoms with van der Waals surface area (Å²) in [6.07, 6.45) is 5.58. The first kappa shape index (κ1) is 26.6. The fourth-order valence-corrected chi connectivity index (χ4v) is 4.95. The molecule has 0 spiro atoms. The number of anilines is 4. The molecule has 2 amide bonds. The Bertz CT molecular complexity index is 1110. The molecule has 1 fully saturated rings. The van der Waals surface area contributed by atoms with Gasteiger partial charge in [-0.1, -0.05) is 13.8 Å². The van der Waals surface area contributed by atoms with Crippen LogP contribution >= 0.6 is 0 Å². The zero-order chi connectivity index (χ0) is 26.5. The van der Waals surface area contributed by atoms with E-state index in [1.54, 1.807) is 31.5 Å². The van der Waals surface area contributed by atoms with Crippen LogP contribution in [-0.4, -0.2) is 72.6 Å². The van der Waals surface area contributed by atoms with Gasteiger partial charge < -0.3 is 25.2 Å². The molecule has 11 nitrogen and oxygen atoms in total. The Labute approximate surface area is 218 Å². The number of nitrogens with two attached hydrogens (primary N) is 1. The second kappa shape index (κ2) is 11.7. The van der Waals surface area contributed by atoms with E-state index in [2.05, 4.69) is 46.3 Å². The van der Waals surface area contributed by atoms with Gasteiger partial charge in [-0.15, -0.1) is 0 Å². The molecular formula is C26H38N8O3. The van der Waals surface area contributed by atoms with E-state index in [0.29, 0.717) is 47.4 Å². The molecule has 2 aliphatic heterocycles. The number of hydrogen-bond donors (Lipinski definition) is 3. The smallest absolute Gasteiger partial charge is 0.251 e. The molecule has 3 heterocycles. The molecule has 4 N–H and O–H groups in total. The summed E-state index contributed by atoms with van der Waals surface area (Å²) < 4.78 is 5.58. The zero-order valence-electron chi connectivity index (χ0n) is 22.2. The summed E-state index contributed by atoms with van der Waals surface area (Å²) in [5.74, 6) is 7.28. The second-order valence-corrected chi connectivity index (χ2v) is 9.67. The number of benzene rings is 1. The van der Waals surface area contributed by atoms with Gasteiger partial charge in [0.2, 0.25) is 11.9 Å². The van der Waals surface area contributed by atoms with Crippen LogP contribution < -0.4 is 31.1 Å². The third kappa shape index (κ3) is 5.94. The summed E-state index contributed by atoms with van der Waals surface area (Å²) in [5, 5.41) is 7.49. The molecule has 11 heteroatoms. The van der Waals surface area contributed by atoms with Crippen molar-refractivity contribution in [1.29, 1.82) is 0 Å². The van der Waals surface area contributed by atoms with E-state index in [9.17, 15) is 9.59 Å². The number of hydrazine groups is 1. The molecular weight excluding hydrogens is 472 g/mol. The quantitative estimate of drug-likeness (QED) is 0.362. The van der Waals surface area contributed by atoms with Crippen LogP contribution in [0.3, 0.4) is 0 Å². The second-order valence-electron chi connectivity index (χ2n) is 9.67. The standard InChI is InChI=1S/C26H38N8O3/c1-5-19(6-2)33-14-11-23(35)34(27)21-16-28-26(31-24(21)33)30-20-8-7-17(15-22(20)37-4)25(36)29-18-9-12-32(3)13-10-18/h7-8,15-16,18-19H,5-6,9-14,27H2,1-4H3,(H,29,36)(H,28,30,31). The van der Waals surface area contributed by atoms with Gasteiger partial charge in [-0.05, 0) is 64.0 Å². The average Bonchev–Trinajstić information content (AvgIpc) is 3.03. The highest BCUT2D eigenvalue weighted by molar-refractivity contribution is 5.97. The SMILES string of the molecule is CCC(CC)N1CCC(=O)N(N)c2cnc(Nc3ccc(C(=O)NC4CCN(C)CC4)cc3OC)nc21. The summed E-state index contributed by atoms with van der Waals surface area (Å²) >= 11 is 0. The molecule has 0 aliphatic carbocycles. The lowest BCUT2D eigenvalue weighted by molar-refractivity contribution is -0.118. The van der Waals surface area contributed by atoms with Crippen molar-refractivity contribution in [3.8, 4) is 5.75 Å². The van der Waals surface area contributed by atoms with Gasteiger partial charge in [0, 0.05) is 30.6 Å². The molecule has 37 heavy (non-hydrogen) atoms. The topological polar surface area (TPSA) is 129 Å². The fraction of sp³-hybridized carbons (Fsp3) is 0.538. The summed E-state index contributed by atoms with van der Waals surface area (Å²) in [4.78, 5) is 38.9. The first-order chi connectivity index (χ1) is 17.8. The van der Waals surface area contributed by atoms with Crippen molar-refractivity contribution in [3.63, 3.8) is 0 Å². The number of carbonyl (C=O) groups excluding carboxylic acids is 2. The third-order valence-electron chi connectivity index (χ3n) is 7.26. The highest BCUT2D eigenvalue weighted by Gasteiger charge is 2.30. The molecule has 2 aromatic rings. The number of amides is 2. The molecule has 2 aliphatic rings. The summed E-state index contributed by atoms with van der Waals surface area (Å²) in [5.41, 5.74) is 1.64. The van der Waals surface area contributed by atoms with Crippen LogP contribution in [0.2, 0.25) is 0 Å². The Morgan fingerprint density at radius 3 is 2.62 bits per heavy atom. The van der Waals surface area contributed by atoms with Crippen LogP contribution in [0.25, 0.3) is 0 Å². The molecule has 0 radical (unpaired) electrons. The van der Waals surface area contributed by atoms with Gasteiger partial charge in [0.05, 0.1) is 19.0 Å². The number of nitrogens with zero attached hydrogens (tertiary/aromatic N) is 5. The van der Waals surface area contributed by atoms with Crippen LogP contribution in [0.5, 0.6) is 5.75 Å². The van der Waals surface area contributed by atoms with Crippen LogP contribution in [-0.2, 0) is 4.79 Å². The minimum atomic E-state index is -0.171. The maximum Gasteiger partial charge on any atom is 0.251 e. The van der Waals surface area contributed by atoms with E-state index in [0.717, 1.165) is 43.8 Å². The van der Waals surface area contributed by atoms with Crippen molar-refractivity contribution in [2.24, 2.45) is 5.84 Å². The number of rotatable bonds is 8. The van der Waals surface area contributed by atoms with Gasteiger partial charge in [-0.25, -0.2) is 15.8 Å². The van der Waals surface area contributed by atoms with E-state index in [1.165, 1.54) is 0 Å². The molecule has 4 rings (SSSR count). The fourth-order valence-electron chi connectivity index (χ4n) is 4.95. The number of piperidine rings is 1.